The zero-order valence-corrected chi connectivity index (χ0v) is 9.39. The predicted molar refractivity (Wildman–Crippen MR) is 58.5 cm³/mol. The molecule has 0 fully saturated rings. The van der Waals surface area contributed by atoms with Gasteiger partial charge in [0.15, 0.2) is 11.6 Å². The van der Waals surface area contributed by atoms with Crippen LogP contribution in [0.2, 0.25) is 0 Å². The number of nitro groups is 1. The summed E-state index contributed by atoms with van der Waals surface area (Å²) in [7, 11) is 1.30. The third kappa shape index (κ3) is 3.12. The fourth-order valence-electron chi connectivity index (χ4n) is 1.40. The number of aliphatic carboxylic acids is 1. The molecule has 0 atom stereocenters. The van der Waals surface area contributed by atoms with Gasteiger partial charge < -0.3 is 10.0 Å². The van der Waals surface area contributed by atoms with Crippen LogP contribution in [-0.2, 0) is 4.79 Å². The lowest BCUT2D eigenvalue weighted by Gasteiger charge is -2.19. The van der Waals surface area contributed by atoms with Crippen LogP contribution in [0.25, 0.3) is 0 Å². The third-order valence-corrected chi connectivity index (χ3v) is 2.26. The van der Waals surface area contributed by atoms with Gasteiger partial charge in [0, 0.05) is 13.6 Å². The molecule has 0 saturated carbocycles. The minimum Gasteiger partial charge on any atom is -0.481 e. The number of benzene rings is 1. The molecule has 0 saturated heterocycles. The molecule has 1 aromatic carbocycles. The van der Waals surface area contributed by atoms with E-state index >= 15 is 0 Å². The van der Waals surface area contributed by atoms with Gasteiger partial charge in [-0.25, -0.2) is 8.78 Å². The Morgan fingerprint density at radius 3 is 2.33 bits per heavy atom. The number of carboxylic acid groups (broad SMARTS) is 1. The van der Waals surface area contributed by atoms with E-state index in [0.717, 1.165) is 4.90 Å². The predicted octanol–water partition coefficient (Wildman–Crippen LogP) is 1.78. The van der Waals surface area contributed by atoms with Crippen LogP contribution in [0.1, 0.15) is 6.42 Å². The van der Waals surface area contributed by atoms with Gasteiger partial charge in [-0.3, -0.25) is 14.9 Å². The van der Waals surface area contributed by atoms with Crippen molar-refractivity contribution in [3.63, 3.8) is 0 Å². The summed E-state index contributed by atoms with van der Waals surface area (Å²) in [5.41, 5.74) is -1.18. The second-order valence-electron chi connectivity index (χ2n) is 3.58. The number of nitro benzene ring substituents is 1. The van der Waals surface area contributed by atoms with Gasteiger partial charge in [-0.1, -0.05) is 0 Å². The number of carboxylic acids is 1. The normalized spacial score (nSPS) is 10.2. The first kappa shape index (κ1) is 13.8. The summed E-state index contributed by atoms with van der Waals surface area (Å²) in [5, 5.41) is 18.8. The quantitative estimate of drug-likeness (QED) is 0.644. The van der Waals surface area contributed by atoms with Crippen LogP contribution in [0.5, 0.6) is 0 Å². The van der Waals surface area contributed by atoms with Crippen molar-refractivity contribution < 1.29 is 23.6 Å². The highest BCUT2D eigenvalue weighted by atomic mass is 19.1. The van der Waals surface area contributed by atoms with Gasteiger partial charge in [-0.2, -0.15) is 0 Å². The molecule has 6 nitrogen and oxygen atoms in total. The summed E-state index contributed by atoms with van der Waals surface area (Å²) < 4.78 is 27.0. The van der Waals surface area contributed by atoms with Crippen molar-refractivity contribution in [3.8, 4) is 0 Å². The maximum atomic E-state index is 13.5. The van der Waals surface area contributed by atoms with Gasteiger partial charge in [0.2, 0.25) is 0 Å². The van der Waals surface area contributed by atoms with Crippen LogP contribution < -0.4 is 4.90 Å². The first-order valence-electron chi connectivity index (χ1n) is 4.89. The molecule has 0 heterocycles. The lowest BCUT2D eigenvalue weighted by molar-refractivity contribution is -0.385. The van der Waals surface area contributed by atoms with Crippen molar-refractivity contribution in [1.29, 1.82) is 0 Å². The highest BCUT2D eigenvalue weighted by Crippen LogP contribution is 2.27. The highest BCUT2D eigenvalue weighted by Gasteiger charge is 2.20. The Hall–Kier alpha value is -2.25. The molecule has 0 aliphatic rings. The molecular weight excluding hydrogens is 250 g/mol. The van der Waals surface area contributed by atoms with Crippen LogP contribution in [-0.4, -0.2) is 29.6 Å². The summed E-state index contributed by atoms with van der Waals surface area (Å²) in [6.07, 6.45) is -0.299. The number of nitrogens with zero attached hydrogens (tertiary/aromatic N) is 2. The van der Waals surface area contributed by atoms with Crippen LogP contribution in [0.4, 0.5) is 20.2 Å². The minimum atomic E-state index is -1.11. The Kier molecular flexibility index (Phi) is 4.13. The molecule has 0 amide bonds. The number of non-ortho nitro benzene ring substituents is 1. The molecule has 0 aliphatic carbocycles. The van der Waals surface area contributed by atoms with Crippen LogP contribution >= 0.6 is 0 Å². The number of hydrogen-bond acceptors (Lipinski definition) is 4. The summed E-state index contributed by atoms with van der Waals surface area (Å²) in [4.78, 5) is 20.9. The zero-order valence-electron chi connectivity index (χ0n) is 9.39. The largest absolute Gasteiger partial charge is 0.481 e. The first-order valence-corrected chi connectivity index (χ1v) is 4.89. The third-order valence-electron chi connectivity index (χ3n) is 2.26. The lowest BCUT2D eigenvalue weighted by Crippen LogP contribution is -2.23. The van der Waals surface area contributed by atoms with Gasteiger partial charge in [0.25, 0.3) is 5.69 Å². The van der Waals surface area contributed by atoms with Gasteiger partial charge in [-0.05, 0) is 0 Å². The van der Waals surface area contributed by atoms with E-state index in [1.807, 2.05) is 0 Å². The van der Waals surface area contributed by atoms with Crippen LogP contribution in [0, 0.1) is 21.7 Å². The van der Waals surface area contributed by atoms with E-state index in [1.54, 1.807) is 0 Å². The van der Waals surface area contributed by atoms with Crippen molar-refractivity contribution in [3.05, 3.63) is 33.9 Å². The van der Waals surface area contributed by atoms with E-state index in [0.29, 0.717) is 12.1 Å². The molecule has 18 heavy (non-hydrogen) atoms. The van der Waals surface area contributed by atoms with Crippen LogP contribution in [0.15, 0.2) is 12.1 Å². The van der Waals surface area contributed by atoms with Gasteiger partial charge >= 0.3 is 5.97 Å². The topological polar surface area (TPSA) is 83.7 Å². The van der Waals surface area contributed by atoms with Gasteiger partial charge in [0.05, 0.1) is 23.5 Å². The number of hydrogen-bond donors (Lipinski definition) is 1. The summed E-state index contributed by atoms with van der Waals surface area (Å²) in [6, 6.07) is 1.19. The molecule has 0 bridgehead atoms. The standard InChI is InChI=1S/C10H10F2N2O4/c1-13(3-2-9(15)16)10-7(11)4-6(14(17)18)5-8(10)12/h4-5H,2-3H2,1H3,(H,15,16). The van der Waals surface area contributed by atoms with E-state index in [1.165, 1.54) is 7.05 Å². The molecule has 1 rings (SSSR count). The molecule has 1 aromatic rings. The Balaban J connectivity index is 3.02. The second-order valence-corrected chi connectivity index (χ2v) is 3.58. The summed E-state index contributed by atoms with van der Waals surface area (Å²) in [5.74, 6) is -3.31. The van der Waals surface area contributed by atoms with Crippen molar-refractivity contribution in [2.24, 2.45) is 0 Å². The van der Waals surface area contributed by atoms with Crippen LogP contribution in [0.3, 0.4) is 0 Å². The smallest absolute Gasteiger partial charge is 0.305 e. The summed E-state index contributed by atoms with van der Waals surface area (Å²) in [6.45, 7) is -0.110. The average molecular weight is 260 g/mol. The molecule has 1 N–H and O–H groups in total. The Labute approximate surface area is 101 Å². The van der Waals surface area contributed by atoms with Crippen molar-refractivity contribution in [2.75, 3.05) is 18.5 Å². The van der Waals surface area contributed by atoms with Crippen molar-refractivity contribution >= 4 is 17.3 Å². The monoisotopic (exact) mass is 260 g/mol. The van der Waals surface area contributed by atoms with Crippen molar-refractivity contribution in [2.45, 2.75) is 6.42 Å². The fraction of sp³-hybridized carbons (Fsp3) is 0.300. The van der Waals surface area contributed by atoms with E-state index in [9.17, 15) is 23.7 Å². The Morgan fingerprint density at radius 2 is 1.94 bits per heavy atom. The molecule has 0 radical (unpaired) electrons. The number of carbonyl (C=O) groups is 1. The van der Waals surface area contributed by atoms with Gasteiger partial charge in [0.1, 0.15) is 5.69 Å². The fourth-order valence-corrected chi connectivity index (χ4v) is 1.40. The molecule has 0 aromatic heterocycles. The molecule has 98 valence electrons. The summed E-state index contributed by atoms with van der Waals surface area (Å²) >= 11 is 0. The second kappa shape index (κ2) is 5.39. The molecule has 0 unspecified atom stereocenters. The maximum Gasteiger partial charge on any atom is 0.305 e. The van der Waals surface area contributed by atoms with E-state index in [-0.39, 0.29) is 13.0 Å². The van der Waals surface area contributed by atoms with E-state index in [2.05, 4.69) is 0 Å². The highest BCUT2D eigenvalue weighted by molar-refractivity contribution is 5.67. The molecular formula is C10H10F2N2O4. The van der Waals surface area contributed by atoms with E-state index in [4.69, 9.17) is 5.11 Å². The van der Waals surface area contributed by atoms with Crippen molar-refractivity contribution in [1.82, 2.24) is 0 Å². The number of anilines is 1. The van der Waals surface area contributed by atoms with Gasteiger partial charge in [-0.15, -0.1) is 0 Å². The molecule has 0 spiro atoms. The lowest BCUT2D eigenvalue weighted by atomic mass is 10.2. The first-order chi connectivity index (χ1) is 8.32. The van der Waals surface area contributed by atoms with E-state index < -0.39 is 33.9 Å². The molecule has 8 heteroatoms. The average Bonchev–Trinajstić information content (AvgIpc) is 2.25. The number of rotatable bonds is 5. The minimum absolute atomic E-state index is 0.110. The SMILES string of the molecule is CN(CCC(=O)O)c1c(F)cc([N+](=O)[O-])cc1F. The zero-order chi connectivity index (χ0) is 13.9. The number of halogens is 2. The molecule has 0 aliphatic heterocycles. The Bertz CT molecular complexity index is 470. The Morgan fingerprint density at radius 1 is 1.44 bits per heavy atom. The maximum absolute atomic E-state index is 13.5.